The Hall–Kier alpha value is -1.73. The van der Waals surface area contributed by atoms with Gasteiger partial charge in [-0.15, -0.1) is 11.3 Å². The van der Waals surface area contributed by atoms with Crippen LogP contribution in [0.2, 0.25) is 5.02 Å². The number of aliphatic hydroxyl groups excluding tert-OH is 1. The van der Waals surface area contributed by atoms with E-state index in [4.69, 9.17) is 16.3 Å². The molecule has 0 saturated heterocycles. The first-order chi connectivity index (χ1) is 11.1. The van der Waals surface area contributed by atoms with Crippen LogP contribution in [0.1, 0.15) is 4.88 Å². The summed E-state index contributed by atoms with van der Waals surface area (Å²) in [6.07, 6.45) is 0.642. The molecule has 3 aromatic rings. The highest BCUT2D eigenvalue weighted by Crippen LogP contribution is 2.14. The van der Waals surface area contributed by atoms with Gasteiger partial charge in [-0.25, -0.2) is 4.98 Å². The number of ether oxygens (including phenoxy) is 1. The van der Waals surface area contributed by atoms with Crippen LogP contribution in [0.3, 0.4) is 0 Å². The summed E-state index contributed by atoms with van der Waals surface area (Å²) in [6, 6.07) is 8.86. The fourth-order valence-electron chi connectivity index (χ4n) is 2.23. The lowest BCUT2D eigenvalue weighted by Crippen LogP contribution is -2.29. The minimum absolute atomic E-state index is 0.134. The second kappa shape index (κ2) is 7.23. The first-order valence-corrected chi connectivity index (χ1v) is 8.32. The van der Waals surface area contributed by atoms with E-state index < -0.39 is 6.10 Å². The van der Waals surface area contributed by atoms with Gasteiger partial charge in [0, 0.05) is 9.90 Å². The van der Waals surface area contributed by atoms with E-state index in [2.05, 4.69) is 4.98 Å². The van der Waals surface area contributed by atoms with Crippen LogP contribution >= 0.6 is 22.9 Å². The van der Waals surface area contributed by atoms with Crippen molar-refractivity contribution in [3.63, 3.8) is 0 Å². The Morgan fingerprint density at radius 3 is 3.04 bits per heavy atom. The zero-order valence-electron chi connectivity index (χ0n) is 12.2. The summed E-state index contributed by atoms with van der Waals surface area (Å²) in [5.74, 6) is 0. The van der Waals surface area contributed by atoms with Crippen molar-refractivity contribution in [1.29, 1.82) is 0 Å². The van der Waals surface area contributed by atoms with Gasteiger partial charge in [-0.3, -0.25) is 9.36 Å². The van der Waals surface area contributed by atoms with E-state index in [1.807, 2.05) is 17.5 Å². The van der Waals surface area contributed by atoms with Gasteiger partial charge in [0.05, 0.1) is 43.1 Å². The summed E-state index contributed by atoms with van der Waals surface area (Å²) in [5, 5.41) is 13.0. The molecule has 0 aliphatic heterocycles. The molecule has 2 aromatic heterocycles. The maximum Gasteiger partial charge on any atom is 0.261 e. The van der Waals surface area contributed by atoms with Gasteiger partial charge < -0.3 is 9.84 Å². The smallest absolute Gasteiger partial charge is 0.261 e. The molecule has 3 rings (SSSR count). The molecule has 1 N–H and O–H groups in total. The number of benzene rings is 1. The fraction of sp³-hybridized carbons (Fsp3) is 0.250. The topological polar surface area (TPSA) is 64.4 Å². The van der Waals surface area contributed by atoms with Gasteiger partial charge in [-0.05, 0) is 29.6 Å². The molecule has 0 radical (unpaired) electrons. The number of halogens is 1. The van der Waals surface area contributed by atoms with E-state index in [1.165, 1.54) is 10.9 Å². The molecule has 23 heavy (non-hydrogen) atoms. The predicted octanol–water partition coefficient (Wildman–Crippen LogP) is 2.69. The van der Waals surface area contributed by atoms with Crippen molar-refractivity contribution >= 4 is 33.8 Å². The third-order valence-electron chi connectivity index (χ3n) is 3.33. The molecular weight excluding hydrogens is 336 g/mol. The number of nitrogens with zero attached hydrogens (tertiary/aromatic N) is 2. The second-order valence-corrected chi connectivity index (χ2v) is 6.58. The molecule has 0 saturated carbocycles. The van der Waals surface area contributed by atoms with Gasteiger partial charge in [-0.1, -0.05) is 17.7 Å². The number of fused-ring (bicyclic) bond motifs is 1. The zero-order chi connectivity index (χ0) is 16.2. The van der Waals surface area contributed by atoms with Gasteiger partial charge in [0.25, 0.3) is 5.56 Å². The molecule has 1 aromatic carbocycles. The molecular formula is C16H15ClN2O3S. The maximum atomic E-state index is 12.4. The summed E-state index contributed by atoms with van der Waals surface area (Å²) in [5.41, 5.74) is 0.339. The molecule has 7 heteroatoms. The van der Waals surface area contributed by atoms with Crippen molar-refractivity contribution in [2.24, 2.45) is 0 Å². The highest BCUT2D eigenvalue weighted by molar-refractivity contribution is 7.09. The van der Waals surface area contributed by atoms with Crippen molar-refractivity contribution in [2.75, 3.05) is 6.61 Å². The number of aliphatic hydroxyl groups is 1. The average molecular weight is 351 g/mol. The maximum absolute atomic E-state index is 12.4. The number of hydrogen-bond acceptors (Lipinski definition) is 5. The van der Waals surface area contributed by atoms with E-state index in [-0.39, 0.29) is 18.7 Å². The first-order valence-electron chi connectivity index (χ1n) is 7.06. The van der Waals surface area contributed by atoms with Crippen LogP contribution in [0.25, 0.3) is 10.9 Å². The Bertz CT molecular complexity index is 848. The molecule has 0 aliphatic carbocycles. The average Bonchev–Trinajstić information content (AvgIpc) is 3.03. The standard InChI is InChI=1S/C16H15ClN2O3S/c17-11-3-4-14-15(6-11)18-10-19(16(14)21)7-12(20)8-22-9-13-2-1-5-23-13/h1-6,10,12,20H,7-9H2/t12-/m1/s1. The second-order valence-electron chi connectivity index (χ2n) is 5.11. The van der Waals surface area contributed by atoms with Crippen molar-refractivity contribution in [1.82, 2.24) is 9.55 Å². The highest BCUT2D eigenvalue weighted by atomic mass is 35.5. The number of hydrogen-bond donors (Lipinski definition) is 1. The van der Waals surface area contributed by atoms with Crippen LogP contribution in [-0.2, 0) is 17.9 Å². The quantitative estimate of drug-likeness (QED) is 0.742. The van der Waals surface area contributed by atoms with Gasteiger partial charge in [0.2, 0.25) is 0 Å². The Kier molecular flexibility index (Phi) is 5.07. The van der Waals surface area contributed by atoms with Crippen LogP contribution < -0.4 is 5.56 Å². The van der Waals surface area contributed by atoms with Crippen molar-refractivity contribution in [2.45, 2.75) is 19.3 Å². The molecule has 0 aliphatic rings. The van der Waals surface area contributed by atoms with Crippen LogP contribution in [0.4, 0.5) is 0 Å². The van der Waals surface area contributed by atoms with Gasteiger partial charge in [-0.2, -0.15) is 0 Å². The molecule has 0 unspecified atom stereocenters. The molecule has 2 heterocycles. The van der Waals surface area contributed by atoms with Gasteiger partial charge in [0.15, 0.2) is 0 Å². The number of rotatable bonds is 6. The van der Waals surface area contributed by atoms with Gasteiger partial charge >= 0.3 is 0 Å². The molecule has 1 atom stereocenters. The SMILES string of the molecule is O=c1c2ccc(Cl)cc2ncn1C[C@@H](O)COCc1cccs1. The van der Waals surface area contributed by atoms with Crippen LogP contribution in [-0.4, -0.2) is 27.4 Å². The van der Waals surface area contributed by atoms with E-state index in [9.17, 15) is 9.90 Å². The van der Waals surface area contributed by atoms with Crippen molar-refractivity contribution < 1.29 is 9.84 Å². The third kappa shape index (κ3) is 3.97. The van der Waals surface area contributed by atoms with E-state index >= 15 is 0 Å². The Morgan fingerprint density at radius 1 is 1.39 bits per heavy atom. The summed E-state index contributed by atoms with van der Waals surface area (Å²) >= 11 is 7.49. The lowest BCUT2D eigenvalue weighted by atomic mass is 10.2. The zero-order valence-corrected chi connectivity index (χ0v) is 13.8. The van der Waals surface area contributed by atoms with E-state index in [0.717, 1.165) is 4.88 Å². The van der Waals surface area contributed by atoms with Crippen LogP contribution in [0.5, 0.6) is 0 Å². The minimum Gasteiger partial charge on any atom is -0.389 e. The lowest BCUT2D eigenvalue weighted by Gasteiger charge is -2.13. The van der Waals surface area contributed by atoms with E-state index in [0.29, 0.717) is 22.5 Å². The Labute approximate surface area is 141 Å². The fourth-order valence-corrected chi connectivity index (χ4v) is 3.04. The molecule has 0 spiro atoms. The third-order valence-corrected chi connectivity index (χ3v) is 4.41. The Balaban J connectivity index is 1.65. The Morgan fingerprint density at radius 2 is 2.26 bits per heavy atom. The molecule has 0 bridgehead atoms. The summed E-state index contributed by atoms with van der Waals surface area (Å²) in [6.45, 7) is 0.746. The predicted molar refractivity (Wildman–Crippen MR) is 91.0 cm³/mol. The molecule has 0 amide bonds. The van der Waals surface area contributed by atoms with Crippen molar-refractivity contribution in [3.8, 4) is 0 Å². The lowest BCUT2D eigenvalue weighted by molar-refractivity contribution is 0.0207. The van der Waals surface area contributed by atoms with Crippen molar-refractivity contribution in [3.05, 3.63) is 62.3 Å². The van der Waals surface area contributed by atoms with Gasteiger partial charge in [0.1, 0.15) is 0 Å². The van der Waals surface area contributed by atoms with Crippen LogP contribution in [0.15, 0.2) is 46.8 Å². The number of aromatic nitrogens is 2. The van der Waals surface area contributed by atoms with Crippen LogP contribution in [0, 0.1) is 0 Å². The van der Waals surface area contributed by atoms with E-state index in [1.54, 1.807) is 29.5 Å². The summed E-state index contributed by atoms with van der Waals surface area (Å²) in [7, 11) is 0. The first kappa shape index (κ1) is 16.1. The molecule has 5 nitrogen and oxygen atoms in total. The highest BCUT2D eigenvalue weighted by Gasteiger charge is 2.10. The summed E-state index contributed by atoms with van der Waals surface area (Å²) < 4.78 is 6.85. The number of thiophene rings is 1. The monoisotopic (exact) mass is 350 g/mol. The molecule has 120 valence electrons. The minimum atomic E-state index is -0.779. The molecule has 0 fully saturated rings. The normalized spacial score (nSPS) is 12.6. The largest absolute Gasteiger partial charge is 0.389 e. The summed E-state index contributed by atoms with van der Waals surface area (Å²) in [4.78, 5) is 17.7.